The highest BCUT2D eigenvalue weighted by molar-refractivity contribution is 5.55. The van der Waals surface area contributed by atoms with Crippen molar-refractivity contribution in [2.45, 2.75) is 32.9 Å². The van der Waals surface area contributed by atoms with Crippen LogP contribution in [0.5, 0.6) is 5.88 Å². The molecule has 0 bridgehead atoms. The number of hydrogen-bond donors (Lipinski definition) is 1. The summed E-state index contributed by atoms with van der Waals surface area (Å²) >= 11 is 0. The van der Waals surface area contributed by atoms with Gasteiger partial charge in [-0.3, -0.25) is 4.98 Å². The van der Waals surface area contributed by atoms with Gasteiger partial charge in [0, 0.05) is 18.8 Å². The first-order valence-electron chi connectivity index (χ1n) is 7.23. The first-order valence-corrected chi connectivity index (χ1v) is 7.23. The van der Waals surface area contributed by atoms with Crippen molar-refractivity contribution in [3.05, 3.63) is 41.7 Å². The van der Waals surface area contributed by atoms with E-state index in [1.54, 1.807) is 12.4 Å². The number of nitrogens with zero attached hydrogens (tertiary/aromatic N) is 3. The fraction of sp³-hybridized carbons (Fsp3) is 0.375. The topological polar surface area (TPSA) is 64.3 Å². The molecule has 2 heterocycles. The number of nitrogens with two attached hydrogens (primary N) is 1. The van der Waals surface area contributed by atoms with Gasteiger partial charge >= 0.3 is 0 Å². The van der Waals surface area contributed by atoms with Gasteiger partial charge in [0.25, 0.3) is 0 Å². The number of ether oxygens (including phenoxy) is 1. The monoisotopic (exact) mass is 284 g/mol. The maximum absolute atomic E-state index is 6.09. The zero-order valence-electron chi connectivity index (χ0n) is 12.4. The molecule has 0 spiro atoms. The summed E-state index contributed by atoms with van der Waals surface area (Å²) in [5, 5.41) is 0. The van der Waals surface area contributed by atoms with Crippen LogP contribution in [0.25, 0.3) is 0 Å². The highest BCUT2D eigenvalue weighted by Gasteiger charge is 2.19. The van der Waals surface area contributed by atoms with Gasteiger partial charge in [-0.05, 0) is 37.5 Å². The van der Waals surface area contributed by atoms with Gasteiger partial charge in [0.15, 0.2) is 5.82 Å². The Hall–Kier alpha value is -2.30. The zero-order chi connectivity index (χ0) is 14.8. The van der Waals surface area contributed by atoms with Crippen LogP contribution in [-0.2, 0) is 13.0 Å². The Morgan fingerprint density at radius 2 is 2.14 bits per heavy atom. The number of fused-ring (bicyclic) bond motifs is 1. The molecule has 3 rings (SSSR count). The van der Waals surface area contributed by atoms with Crippen LogP contribution < -0.4 is 15.4 Å². The molecule has 1 aromatic carbocycles. The highest BCUT2D eigenvalue weighted by Crippen LogP contribution is 2.27. The van der Waals surface area contributed by atoms with Crippen molar-refractivity contribution in [1.29, 1.82) is 0 Å². The van der Waals surface area contributed by atoms with Gasteiger partial charge in [0.1, 0.15) is 0 Å². The van der Waals surface area contributed by atoms with Gasteiger partial charge in [-0.15, -0.1) is 0 Å². The van der Waals surface area contributed by atoms with Crippen LogP contribution in [0.4, 0.5) is 11.5 Å². The summed E-state index contributed by atoms with van der Waals surface area (Å²) in [7, 11) is 0. The second kappa shape index (κ2) is 5.60. The van der Waals surface area contributed by atoms with Crippen LogP contribution in [0.3, 0.4) is 0 Å². The van der Waals surface area contributed by atoms with Gasteiger partial charge in [-0.2, -0.15) is 4.98 Å². The normalized spacial score (nSPS) is 14.1. The van der Waals surface area contributed by atoms with E-state index in [1.165, 1.54) is 11.1 Å². The third kappa shape index (κ3) is 2.91. The number of benzene rings is 1. The molecule has 0 atom stereocenters. The van der Waals surface area contributed by atoms with Crippen LogP contribution in [-0.4, -0.2) is 22.6 Å². The van der Waals surface area contributed by atoms with Crippen molar-refractivity contribution in [2.75, 3.05) is 17.2 Å². The quantitative estimate of drug-likeness (QED) is 0.877. The van der Waals surface area contributed by atoms with E-state index in [0.29, 0.717) is 5.88 Å². The van der Waals surface area contributed by atoms with Crippen molar-refractivity contribution in [2.24, 2.45) is 0 Å². The van der Waals surface area contributed by atoms with Crippen molar-refractivity contribution in [3.63, 3.8) is 0 Å². The van der Waals surface area contributed by atoms with E-state index in [9.17, 15) is 0 Å². The Bertz CT molecular complexity index is 642. The first kappa shape index (κ1) is 13.7. The molecule has 110 valence electrons. The van der Waals surface area contributed by atoms with E-state index >= 15 is 0 Å². The number of hydrogen-bond acceptors (Lipinski definition) is 5. The molecule has 0 aliphatic carbocycles. The summed E-state index contributed by atoms with van der Waals surface area (Å²) in [4.78, 5) is 11.0. The van der Waals surface area contributed by atoms with Gasteiger partial charge in [-0.25, -0.2) is 0 Å². The molecule has 1 aliphatic rings. The van der Waals surface area contributed by atoms with E-state index in [4.69, 9.17) is 10.5 Å². The fourth-order valence-corrected chi connectivity index (χ4v) is 2.59. The molecule has 5 heteroatoms. The van der Waals surface area contributed by atoms with Crippen molar-refractivity contribution in [3.8, 4) is 5.88 Å². The Morgan fingerprint density at radius 3 is 2.95 bits per heavy atom. The Morgan fingerprint density at radius 1 is 1.29 bits per heavy atom. The van der Waals surface area contributed by atoms with E-state index in [2.05, 4.69) is 20.9 Å². The van der Waals surface area contributed by atoms with Gasteiger partial charge in [-0.1, -0.05) is 12.1 Å². The van der Waals surface area contributed by atoms with E-state index in [0.717, 1.165) is 31.0 Å². The minimum atomic E-state index is 0.0901. The lowest BCUT2D eigenvalue weighted by Crippen LogP contribution is -2.31. The first-order chi connectivity index (χ1) is 10.1. The van der Waals surface area contributed by atoms with E-state index in [-0.39, 0.29) is 6.10 Å². The highest BCUT2D eigenvalue weighted by atomic mass is 16.5. The summed E-state index contributed by atoms with van der Waals surface area (Å²) in [5.41, 5.74) is 9.46. The molecular formula is C16H20N4O. The summed E-state index contributed by atoms with van der Waals surface area (Å²) < 4.78 is 5.61. The van der Waals surface area contributed by atoms with Gasteiger partial charge in [0.2, 0.25) is 5.88 Å². The lowest BCUT2D eigenvalue weighted by atomic mass is 9.98. The molecule has 0 unspecified atom stereocenters. The minimum absolute atomic E-state index is 0.0901. The Kier molecular flexibility index (Phi) is 3.64. The second-order valence-corrected chi connectivity index (χ2v) is 5.54. The molecule has 2 aromatic rings. The Labute approximate surface area is 124 Å². The molecule has 0 radical (unpaired) electrons. The summed E-state index contributed by atoms with van der Waals surface area (Å²) in [5.74, 6) is 1.40. The SMILES string of the molecule is CC(C)Oc1cncc(N2CCc3cccc(N)c3C2)n1. The Balaban J connectivity index is 1.84. The lowest BCUT2D eigenvalue weighted by Gasteiger charge is -2.30. The van der Waals surface area contributed by atoms with Crippen LogP contribution in [0, 0.1) is 0 Å². The predicted molar refractivity (Wildman–Crippen MR) is 83.4 cm³/mol. The average Bonchev–Trinajstić information content (AvgIpc) is 2.47. The van der Waals surface area contributed by atoms with Gasteiger partial charge in [0.05, 0.1) is 18.5 Å². The fourth-order valence-electron chi connectivity index (χ4n) is 2.59. The van der Waals surface area contributed by atoms with Crippen molar-refractivity contribution < 1.29 is 4.74 Å². The number of nitrogen functional groups attached to an aromatic ring is 1. The van der Waals surface area contributed by atoms with Gasteiger partial charge < -0.3 is 15.4 Å². The van der Waals surface area contributed by atoms with Crippen molar-refractivity contribution in [1.82, 2.24) is 9.97 Å². The second-order valence-electron chi connectivity index (χ2n) is 5.54. The predicted octanol–water partition coefficient (Wildman–Crippen LogP) is 2.41. The molecule has 0 amide bonds. The largest absolute Gasteiger partial charge is 0.474 e. The van der Waals surface area contributed by atoms with Crippen LogP contribution in [0.15, 0.2) is 30.6 Å². The molecule has 0 saturated carbocycles. The third-order valence-corrected chi connectivity index (χ3v) is 3.59. The summed E-state index contributed by atoms with van der Waals surface area (Å²) in [6.07, 6.45) is 4.48. The number of anilines is 2. The molecule has 21 heavy (non-hydrogen) atoms. The molecular weight excluding hydrogens is 264 g/mol. The summed E-state index contributed by atoms with van der Waals surface area (Å²) in [6.45, 7) is 5.64. The molecule has 0 saturated heterocycles. The third-order valence-electron chi connectivity index (χ3n) is 3.59. The molecule has 0 fully saturated rings. The number of rotatable bonds is 3. The average molecular weight is 284 g/mol. The molecule has 2 N–H and O–H groups in total. The van der Waals surface area contributed by atoms with E-state index in [1.807, 2.05) is 26.0 Å². The standard InChI is InChI=1S/C16H20N4O/c1-11(2)21-16-9-18-8-15(19-16)20-7-6-12-4-3-5-14(17)13(12)10-20/h3-5,8-9,11H,6-7,10,17H2,1-2H3. The summed E-state index contributed by atoms with van der Waals surface area (Å²) in [6, 6.07) is 6.11. The van der Waals surface area contributed by atoms with Crippen LogP contribution >= 0.6 is 0 Å². The maximum atomic E-state index is 6.09. The molecule has 1 aromatic heterocycles. The van der Waals surface area contributed by atoms with Crippen LogP contribution in [0.1, 0.15) is 25.0 Å². The number of aromatic nitrogens is 2. The van der Waals surface area contributed by atoms with Crippen LogP contribution in [0.2, 0.25) is 0 Å². The van der Waals surface area contributed by atoms with Crippen molar-refractivity contribution >= 4 is 11.5 Å². The lowest BCUT2D eigenvalue weighted by molar-refractivity contribution is 0.231. The zero-order valence-corrected chi connectivity index (χ0v) is 12.4. The molecule has 5 nitrogen and oxygen atoms in total. The minimum Gasteiger partial charge on any atom is -0.474 e. The smallest absolute Gasteiger partial charge is 0.234 e. The molecule has 1 aliphatic heterocycles. The van der Waals surface area contributed by atoms with E-state index < -0.39 is 0 Å². The maximum Gasteiger partial charge on any atom is 0.234 e.